The van der Waals surface area contributed by atoms with Crippen molar-refractivity contribution >= 4 is 35.2 Å². The molecule has 0 saturated heterocycles. The summed E-state index contributed by atoms with van der Waals surface area (Å²) in [7, 11) is 0. The van der Waals surface area contributed by atoms with Gasteiger partial charge in [-0.05, 0) is 49.6 Å². The lowest BCUT2D eigenvalue weighted by Gasteiger charge is -2.29. The normalized spacial score (nSPS) is 13.6. The first kappa shape index (κ1) is 24.5. The largest absolute Gasteiger partial charge is 0.354 e. The van der Waals surface area contributed by atoms with Crippen molar-refractivity contribution in [3.8, 4) is 0 Å². The van der Waals surface area contributed by atoms with Crippen molar-refractivity contribution in [3.05, 3.63) is 70.2 Å². The molecule has 174 valence electrons. The highest BCUT2D eigenvalue weighted by atomic mass is 35.5. The van der Waals surface area contributed by atoms with E-state index in [1.165, 1.54) is 9.80 Å². The molecule has 7 nitrogen and oxygen atoms in total. The summed E-state index contributed by atoms with van der Waals surface area (Å²) in [4.78, 5) is 53.5. The Morgan fingerprint density at radius 2 is 1.73 bits per heavy atom. The lowest BCUT2D eigenvalue weighted by molar-refractivity contribution is -0.140. The quantitative estimate of drug-likeness (QED) is 0.538. The molecule has 0 bridgehead atoms. The molecule has 4 amide bonds. The van der Waals surface area contributed by atoms with Gasteiger partial charge in [-0.15, -0.1) is 0 Å². The van der Waals surface area contributed by atoms with Gasteiger partial charge < -0.3 is 10.2 Å². The van der Waals surface area contributed by atoms with Crippen LogP contribution in [0.2, 0.25) is 5.02 Å². The van der Waals surface area contributed by atoms with Gasteiger partial charge >= 0.3 is 0 Å². The van der Waals surface area contributed by atoms with E-state index < -0.39 is 6.04 Å². The Labute approximate surface area is 198 Å². The zero-order valence-corrected chi connectivity index (χ0v) is 19.6. The highest BCUT2D eigenvalue weighted by molar-refractivity contribution is 6.30. The molecule has 0 fully saturated rings. The number of carbonyl (C=O) groups excluding carboxylic acids is 4. The lowest BCUT2D eigenvalue weighted by atomic mass is 10.1. The molecule has 0 saturated carbocycles. The van der Waals surface area contributed by atoms with Crippen LogP contribution in [0.4, 0.5) is 0 Å². The first-order valence-electron chi connectivity index (χ1n) is 11.1. The summed E-state index contributed by atoms with van der Waals surface area (Å²) in [5.41, 5.74) is 1.58. The molecule has 33 heavy (non-hydrogen) atoms. The number of nitrogens with one attached hydrogen (secondary N) is 1. The molecule has 1 aliphatic rings. The van der Waals surface area contributed by atoms with Crippen LogP contribution in [-0.4, -0.2) is 52.6 Å². The third kappa shape index (κ3) is 5.79. The summed E-state index contributed by atoms with van der Waals surface area (Å²) < 4.78 is 0. The van der Waals surface area contributed by atoms with E-state index >= 15 is 0 Å². The molecule has 1 N–H and O–H groups in total. The monoisotopic (exact) mass is 469 g/mol. The molecule has 0 spiro atoms. The van der Waals surface area contributed by atoms with Crippen molar-refractivity contribution in [2.75, 3.05) is 13.1 Å². The van der Waals surface area contributed by atoms with E-state index in [4.69, 9.17) is 11.6 Å². The van der Waals surface area contributed by atoms with E-state index in [0.717, 1.165) is 12.0 Å². The fourth-order valence-corrected chi connectivity index (χ4v) is 4.00. The molecule has 8 heteroatoms. The van der Waals surface area contributed by atoms with E-state index in [1.807, 2.05) is 13.0 Å². The van der Waals surface area contributed by atoms with Crippen LogP contribution in [0.1, 0.15) is 59.4 Å². The standard InChI is InChI=1S/C25H28ClN3O4/c1-3-13-27-23(31)17(2)29(16-18-8-6-9-19(26)15-18)22(30)12-7-14-28-24(32)20-10-4-5-11-21(20)25(28)33/h4-6,8-11,15,17H,3,7,12-14,16H2,1-2H3,(H,27,31)/t17-/m1/s1. The number of halogens is 1. The predicted octanol–water partition coefficient (Wildman–Crippen LogP) is 3.66. The van der Waals surface area contributed by atoms with Crippen molar-refractivity contribution in [1.29, 1.82) is 0 Å². The second-order valence-corrected chi connectivity index (χ2v) is 8.47. The summed E-state index contributed by atoms with van der Waals surface area (Å²) in [6.45, 7) is 4.55. The summed E-state index contributed by atoms with van der Waals surface area (Å²) in [5, 5.41) is 3.38. The minimum absolute atomic E-state index is 0.0966. The number of carbonyl (C=O) groups is 4. The average molecular weight is 470 g/mol. The van der Waals surface area contributed by atoms with E-state index in [0.29, 0.717) is 29.1 Å². The van der Waals surface area contributed by atoms with Gasteiger partial charge in [0.2, 0.25) is 11.8 Å². The van der Waals surface area contributed by atoms with Crippen molar-refractivity contribution in [2.45, 2.75) is 45.7 Å². The number of benzene rings is 2. The smallest absolute Gasteiger partial charge is 0.261 e. The zero-order chi connectivity index (χ0) is 24.0. The van der Waals surface area contributed by atoms with Gasteiger partial charge in [-0.25, -0.2) is 0 Å². The van der Waals surface area contributed by atoms with Crippen LogP contribution in [0.15, 0.2) is 48.5 Å². The molecule has 0 unspecified atom stereocenters. The Bertz CT molecular complexity index is 1020. The number of hydrogen-bond acceptors (Lipinski definition) is 4. The van der Waals surface area contributed by atoms with E-state index in [-0.39, 0.29) is 43.1 Å². The summed E-state index contributed by atoms with van der Waals surface area (Å²) in [6.07, 6.45) is 1.19. The maximum Gasteiger partial charge on any atom is 0.261 e. The van der Waals surface area contributed by atoms with Gasteiger partial charge in [0, 0.05) is 31.1 Å². The van der Waals surface area contributed by atoms with Gasteiger partial charge in [0.1, 0.15) is 6.04 Å². The molecule has 1 atom stereocenters. The van der Waals surface area contributed by atoms with Crippen LogP contribution in [0, 0.1) is 0 Å². The van der Waals surface area contributed by atoms with Crippen LogP contribution in [0.25, 0.3) is 0 Å². The number of hydrogen-bond donors (Lipinski definition) is 1. The van der Waals surface area contributed by atoms with Gasteiger partial charge in [0.15, 0.2) is 0 Å². The molecule has 3 rings (SSSR count). The molecule has 0 radical (unpaired) electrons. The molecule has 2 aromatic carbocycles. The fourth-order valence-electron chi connectivity index (χ4n) is 3.78. The first-order valence-corrected chi connectivity index (χ1v) is 11.5. The van der Waals surface area contributed by atoms with Gasteiger partial charge in [-0.3, -0.25) is 24.1 Å². The van der Waals surface area contributed by atoms with Crippen LogP contribution in [0.3, 0.4) is 0 Å². The van der Waals surface area contributed by atoms with Gasteiger partial charge in [-0.1, -0.05) is 42.8 Å². The number of nitrogens with zero attached hydrogens (tertiary/aromatic N) is 2. The maximum absolute atomic E-state index is 13.1. The highest BCUT2D eigenvalue weighted by Crippen LogP contribution is 2.23. The fraction of sp³-hybridized carbons (Fsp3) is 0.360. The molecular weight excluding hydrogens is 442 g/mol. The second kappa shape index (κ2) is 11.1. The predicted molar refractivity (Wildman–Crippen MR) is 126 cm³/mol. The third-order valence-electron chi connectivity index (χ3n) is 5.61. The molecule has 2 aromatic rings. The van der Waals surface area contributed by atoms with Crippen LogP contribution >= 0.6 is 11.6 Å². The van der Waals surface area contributed by atoms with E-state index in [2.05, 4.69) is 5.32 Å². The number of imide groups is 1. The molecule has 0 aliphatic carbocycles. The van der Waals surface area contributed by atoms with Crippen LogP contribution in [0.5, 0.6) is 0 Å². The molecule has 0 aromatic heterocycles. The minimum Gasteiger partial charge on any atom is -0.354 e. The van der Waals surface area contributed by atoms with Crippen molar-refractivity contribution < 1.29 is 19.2 Å². The Hall–Kier alpha value is -3.19. The highest BCUT2D eigenvalue weighted by Gasteiger charge is 2.35. The van der Waals surface area contributed by atoms with Gasteiger partial charge in [0.25, 0.3) is 11.8 Å². The summed E-state index contributed by atoms with van der Waals surface area (Å²) in [5.74, 6) is -1.14. The van der Waals surface area contributed by atoms with Crippen LogP contribution < -0.4 is 5.32 Å². The number of rotatable bonds is 10. The topological polar surface area (TPSA) is 86.8 Å². The Morgan fingerprint density at radius 1 is 1.06 bits per heavy atom. The molecule has 1 aliphatic heterocycles. The summed E-state index contributed by atoms with van der Waals surface area (Å²) >= 11 is 6.09. The second-order valence-electron chi connectivity index (χ2n) is 8.03. The Kier molecular flexibility index (Phi) is 8.22. The Balaban J connectivity index is 1.66. The van der Waals surface area contributed by atoms with E-state index in [1.54, 1.807) is 49.4 Å². The molecule has 1 heterocycles. The zero-order valence-electron chi connectivity index (χ0n) is 18.8. The third-order valence-corrected chi connectivity index (χ3v) is 5.84. The first-order chi connectivity index (χ1) is 15.8. The summed E-state index contributed by atoms with van der Waals surface area (Å²) in [6, 6.07) is 13.2. The van der Waals surface area contributed by atoms with Crippen molar-refractivity contribution in [1.82, 2.24) is 15.1 Å². The SMILES string of the molecule is CCCNC(=O)[C@@H](C)N(Cc1cccc(Cl)c1)C(=O)CCCN1C(=O)c2ccccc2C1=O. The van der Waals surface area contributed by atoms with Crippen LogP contribution in [-0.2, 0) is 16.1 Å². The van der Waals surface area contributed by atoms with Gasteiger partial charge in [-0.2, -0.15) is 0 Å². The lowest BCUT2D eigenvalue weighted by Crippen LogP contribution is -2.47. The van der Waals surface area contributed by atoms with Crippen molar-refractivity contribution in [3.63, 3.8) is 0 Å². The maximum atomic E-state index is 13.1. The number of fused-ring (bicyclic) bond motifs is 1. The molecular formula is C25H28ClN3O4. The van der Waals surface area contributed by atoms with E-state index in [9.17, 15) is 19.2 Å². The average Bonchev–Trinajstić information content (AvgIpc) is 3.05. The van der Waals surface area contributed by atoms with Crippen molar-refractivity contribution in [2.24, 2.45) is 0 Å². The minimum atomic E-state index is -0.678. The Morgan fingerprint density at radius 3 is 2.33 bits per heavy atom. The van der Waals surface area contributed by atoms with Gasteiger partial charge in [0.05, 0.1) is 11.1 Å². The number of amides is 4.